The van der Waals surface area contributed by atoms with Crippen LogP contribution >= 0.6 is 0 Å². The van der Waals surface area contributed by atoms with Gasteiger partial charge in [0.2, 0.25) is 11.8 Å². The zero-order chi connectivity index (χ0) is 42.1. The van der Waals surface area contributed by atoms with Gasteiger partial charge >= 0.3 is 0 Å². The van der Waals surface area contributed by atoms with Crippen molar-refractivity contribution in [3.8, 4) is 0 Å². The number of para-hydroxylation sites is 1. The first-order valence-corrected chi connectivity index (χ1v) is 18.0. The number of carbonyl (C=O) groups excluding carboxylic acids is 5. The molecule has 4 aromatic carbocycles. The van der Waals surface area contributed by atoms with Crippen LogP contribution in [0.1, 0.15) is 55.9 Å². The smallest absolute Gasteiger partial charge is 0.250 e. The van der Waals surface area contributed by atoms with Gasteiger partial charge < -0.3 is 41.4 Å². The van der Waals surface area contributed by atoms with Crippen molar-refractivity contribution in [2.24, 2.45) is 18.5 Å². The molecule has 6 rings (SSSR count). The Bertz CT molecular complexity index is 1990. The second-order valence-corrected chi connectivity index (χ2v) is 12.2. The maximum Gasteiger partial charge on any atom is 0.250 e. The average Bonchev–Trinajstić information content (AvgIpc) is 3.59. The number of aromatic nitrogens is 2. The van der Waals surface area contributed by atoms with E-state index in [2.05, 4.69) is 130 Å². The van der Waals surface area contributed by atoms with Gasteiger partial charge in [-0.05, 0) is 61.0 Å². The van der Waals surface area contributed by atoms with Crippen LogP contribution in [0.2, 0.25) is 0 Å². The van der Waals surface area contributed by atoms with Crippen molar-refractivity contribution in [2.45, 2.75) is 30.8 Å². The molecule has 57 heavy (non-hydrogen) atoms. The highest BCUT2D eigenvalue weighted by Gasteiger charge is 2.34. The number of carbonyl (C=O) groups is 5. The Morgan fingerprint density at radius 3 is 1.58 bits per heavy atom. The molecule has 2 amide bonds. The summed E-state index contributed by atoms with van der Waals surface area (Å²) in [6.45, 7) is 0. The van der Waals surface area contributed by atoms with Crippen molar-refractivity contribution in [2.75, 3.05) is 21.2 Å². The summed E-state index contributed by atoms with van der Waals surface area (Å²) in [6, 6.07) is 42.5. The predicted molar refractivity (Wildman–Crippen MR) is 225 cm³/mol. The van der Waals surface area contributed by atoms with Gasteiger partial charge in [-0.25, -0.2) is 0 Å². The zero-order valence-electron chi connectivity index (χ0n) is 32.7. The summed E-state index contributed by atoms with van der Waals surface area (Å²) >= 11 is 0. The first kappa shape index (κ1) is 46.6. The fourth-order valence-corrected chi connectivity index (χ4v) is 5.91. The summed E-state index contributed by atoms with van der Waals surface area (Å²) in [7, 11) is 6.78. The van der Waals surface area contributed by atoms with E-state index in [1.807, 2.05) is 26.2 Å². The molecule has 6 aromatic rings. The van der Waals surface area contributed by atoms with Crippen molar-refractivity contribution >= 4 is 41.6 Å². The number of primary amides is 2. The molecule has 0 saturated heterocycles. The number of aliphatic hydroxyl groups is 1. The number of fused-ring (bicyclic) bond motifs is 1. The second-order valence-electron chi connectivity index (χ2n) is 12.2. The monoisotopic (exact) mass is 772 g/mol. The third kappa shape index (κ3) is 13.6. The molecule has 1 atom stereocenters. The van der Waals surface area contributed by atoms with Crippen molar-refractivity contribution in [3.05, 3.63) is 173 Å². The lowest BCUT2D eigenvalue weighted by atomic mass is 9.77. The molecule has 0 bridgehead atoms. The van der Waals surface area contributed by atoms with Gasteiger partial charge in [-0.2, -0.15) is 0 Å². The van der Waals surface area contributed by atoms with Crippen molar-refractivity contribution in [3.63, 3.8) is 0 Å². The molecule has 0 aliphatic carbocycles. The number of nitrogens with zero attached hydrogens (tertiary/aromatic N) is 2. The fourth-order valence-electron chi connectivity index (χ4n) is 5.91. The van der Waals surface area contributed by atoms with E-state index in [4.69, 9.17) is 16.6 Å². The summed E-state index contributed by atoms with van der Waals surface area (Å²) in [6.07, 6.45) is 6.73. The van der Waals surface area contributed by atoms with E-state index in [0.717, 1.165) is 25.2 Å². The predicted octanol–water partition coefficient (Wildman–Crippen LogP) is 4.76. The van der Waals surface area contributed by atoms with E-state index in [1.54, 1.807) is 7.05 Å². The van der Waals surface area contributed by atoms with Crippen LogP contribution in [0.5, 0.6) is 0 Å². The Labute approximate surface area is 333 Å². The zero-order valence-corrected chi connectivity index (χ0v) is 32.7. The first-order valence-electron chi connectivity index (χ1n) is 18.0. The quantitative estimate of drug-likeness (QED) is 0.0624. The SMILES string of the molecule is CNC(Cc1cn(C)c2ccccc12)C(N)=O.CNC(c1ccccc1)(c1ccccc1)c1ccccc1.CO.NC(=O)c1ccc(C=O)nc1.O=CCCC=O. The number of aryl methyl sites for hydroxylation is 1. The molecule has 0 saturated carbocycles. The van der Waals surface area contributed by atoms with Crippen LogP contribution in [0, 0.1) is 0 Å². The van der Waals surface area contributed by atoms with Crippen LogP contribution in [0.4, 0.5) is 0 Å². The van der Waals surface area contributed by atoms with Crippen molar-refractivity contribution in [1.82, 2.24) is 20.2 Å². The van der Waals surface area contributed by atoms with Gasteiger partial charge in [0.05, 0.1) is 17.1 Å². The molecule has 0 radical (unpaired) electrons. The molecule has 2 heterocycles. The molecular formula is C45H52N6O6. The van der Waals surface area contributed by atoms with E-state index in [9.17, 15) is 24.0 Å². The molecule has 298 valence electrons. The van der Waals surface area contributed by atoms with Crippen LogP contribution in [0.25, 0.3) is 10.9 Å². The Morgan fingerprint density at radius 2 is 1.21 bits per heavy atom. The number of benzene rings is 4. The molecular weight excluding hydrogens is 721 g/mol. The summed E-state index contributed by atoms with van der Waals surface area (Å²) in [5.74, 6) is -0.865. The van der Waals surface area contributed by atoms with Gasteiger partial charge in [-0.3, -0.25) is 19.4 Å². The van der Waals surface area contributed by atoms with Crippen LogP contribution in [0.3, 0.4) is 0 Å². The summed E-state index contributed by atoms with van der Waals surface area (Å²) in [4.78, 5) is 54.3. The fraction of sp³-hybridized carbons (Fsp3) is 0.200. The van der Waals surface area contributed by atoms with E-state index in [0.29, 0.717) is 31.1 Å². The molecule has 0 fully saturated rings. The standard InChI is InChI=1S/C20H19N.C13H17N3O.C7H6N2O2.C4H6O2.CH4O/c1-21-20(17-11-5-2-6-12-17,18-13-7-3-8-14-18)19-15-9-4-10-16-19;1-15-11(13(14)17)7-9-8-16(2)12-6-4-3-5-10(9)12;8-7(11)5-1-2-6(4-10)9-3-5;5-3-1-2-4-6;1-2/h2-16,21H,1H3;3-6,8,11,15H,7H2,1-2H3,(H2,14,17);1-4H,(H2,8,11);3-4H,1-2H2;2H,1H3. The number of nitrogens with two attached hydrogens (primary N) is 2. The number of rotatable bonds is 13. The lowest BCUT2D eigenvalue weighted by molar-refractivity contribution is -0.119. The number of nitrogens with one attached hydrogen (secondary N) is 2. The van der Waals surface area contributed by atoms with Crippen LogP contribution < -0.4 is 22.1 Å². The van der Waals surface area contributed by atoms with E-state index in [-0.39, 0.29) is 23.2 Å². The minimum atomic E-state index is -0.546. The van der Waals surface area contributed by atoms with E-state index >= 15 is 0 Å². The number of aldehydes is 3. The summed E-state index contributed by atoms with van der Waals surface area (Å²) in [5, 5.41) is 14.7. The van der Waals surface area contributed by atoms with Crippen LogP contribution in [0.15, 0.2) is 140 Å². The number of hydrogen-bond acceptors (Lipinski definition) is 9. The first-order chi connectivity index (χ1) is 27.7. The van der Waals surface area contributed by atoms with E-state index in [1.165, 1.54) is 45.9 Å². The molecule has 12 heteroatoms. The minimum absolute atomic E-state index is 0.287. The highest BCUT2D eigenvalue weighted by molar-refractivity contribution is 5.92. The number of likely N-dealkylation sites (N-methyl/N-ethyl adjacent to an activating group) is 1. The maximum absolute atomic E-state index is 11.2. The molecule has 12 nitrogen and oxygen atoms in total. The second kappa shape index (κ2) is 25.5. The molecule has 1 unspecified atom stereocenters. The number of unbranched alkanes of at least 4 members (excludes halogenated alkanes) is 1. The van der Waals surface area contributed by atoms with E-state index < -0.39 is 5.91 Å². The topological polar surface area (TPSA) is 200 Å². The highest BCUT2D eigenvalue weighted by Crippen LogP contribution is 2.36. The number of aliphatic hydroxyl groups excluding tert-OH is 1. The Morgan fingerprint density at radius 1 is 0.737 bits per heavy atom. The van der Waals surface area contributed by atoms with Crippen molar-refractivity contribution < 1.29 is 29.1 Å². The number of hydrogen-bond donors (Lipinski definition) is 5. The van der Waals surface area contributed by atoms with Gasteiger partial charge in [0, 0.05) is 50.3 Å². The van der Waals surface area contributed by atoms with Gasteiger partial charge in [0.15, 0.2) is 6.29 Å². The normalized spacial score (nSPS) is 10.6. The van der Waals surface area contributed by atoms with Crippen LogP contribution in [-0.4, -0.2) is 72.6 Å². The molecule has 2 aromatic heterocycles. The van der Waals surface area contributed by atoms with Gasteiger partial charge in [0.25, 0.3) is 0 Å². The maximum atomic E-state index is 11.2. The molecule has 0 aliphatic rings. The Kier molecular flexibility index (Phi) is 20.8. The third-order valence-electron chi connectivity index (χ3n) is 8.68. The molecule has 7 N–H and O–H groups in total. The Balaban J connectivity index is 0.000000279. The van der Waals surface area contributed by atoms with Gasteiger partial charge in [-0.1, -0.05) is 109 Å². The number of pyridine rings is 1. The lowest BCUT2D eigenvalue weighted by Crippen LogP contribution is -2.42. The van der Waals surface area contributed by atoms with Gasteiger partial charge in [0.1, 0.15) is 18.3 Å². The third-order valence-corrected chi connectivity index (χ3v) is 8.68. The average molecular weight is 773 g/mol. The molecule has 0 aliphatic heterocycles. The largest absolute Gasteiger partial charge is 0.400 e. The summed E-state index contributed by atoms with van der Waals surface area (Å²) < 4.78 is 2.07. The summed E-state index contributed by atoms with van der Waals surface area (Å²) in [5.41, 5.74) is 16.6. The Hall–Kier alpha value is -6.60. The number of amides is 2. The van der Waals surface area contributed by atoms with Gasteiger partial charge in [-0.15, -0.1) is 0 Å². The highest BCUT2D eigenvalue weighted by atomic mass is 16.2. The molecule has 0 spiro atoms. The van der Waals surface area contributed by atoms with Crippen LogP contribution in [-0.2, 0) is 33.4 Å². The minimum Gasteiger partial charge on any atom is -0.400 e. The van der Waals surface area contributed by atoms with Crippen molar-refractivity contribution in [1.29, 1.82) is 0 Å². The lowest BCUT2D eigenvalue weighted by Gasteiger charge is -2.35.